The number of thioether (sulfide) groups is 1. The first-order chi connectivity index (χ1) is 16.8. The summed E-state index contributed by atoms with van der Waals surface area (Å²) in [5.41, 5.74) is -3.27. The van der Waals surface area contributed by atoms with E-state index in [1.54, 1.807) is 0 Å². The van der Waals surface area contributed by atoms with Crippen molar-refractivity contribution in [2.75, 3.05) is 11.1 Å². The number of carbonyl (C=O) groups excluding carboxylic acids is 1. The molecule has 1 heterocycles. The van der Waals surface area contributed by atoms with Gasteiger partial charge in [-0.2, -0.15) is 13.2 Å². The molecule has 0 fully saturated rings. The van der Waals surface area contributed by atoms with Gasteiger partial charge in [0.05, 0.1) is 27.7 Å². The minimum atomic E-state index is -4.66. The van der Waals surface area contributed by atoms with E-state index in [-0.39, 0.29) is 21.4 Å². The van der Waals surface area contributed by atoms with Gasteiger partial charge in [-0.25, -0.2) is 14.2 Å². The number of nitrogens with zero attached hydrogens (tertiary/aromatic N) is 3. The number of aromatic hydroxyl groups is 1. The second kappa shape index (κ2) is 10.6. The van der Waals surface area contributed by atoms with Crippen LogP contribution in [0, 0.1) is 5.82 Å². The van der Waals surface area contributed by atoms with Crippen LogP contribution in [0.4, 0.5) is 28.9 Å². The summed E-state index contributed by atoms with van der Waals surface area (Å²) >= 11 is 6.57. The number of benzene rings is 2. The summed E-state index contributed by atoms with van der Waals surface area (Å²) in [6, 6.07) is 7.18. The third-order valence-corrected chi connectivity index (χ3v) is 6.12. The van der Waals surface area contributed by atoms with Crippen molar-refractivity contribution in [3.63, 3.8) is 0 Å². The zero-order valence-electron chi connectivity index (χ0n) is 18.6. The van der Waals surface area contributed by atoms with Gasteiger partial charge >= 0.3 is 11.9 Å². The van der Waals surface area contributed by atoms with Gasteiger partial charge in [0.15, 0.2) is 0 Å². The molecule has 2 N–H and O–H groups in total. The Morgan fingerprint density at radius 2 is 1.75 bits per heavy atom. The van der Waals surface area contributed by atoms with Crippen LogP contribution in [-0.4, -0.2) is 30.9 Å². The molecule has 1 amide bonds. The van der Waals surface area contributed by atoms with Crippen molar-refractivity contribution in [1.29, 1.82) is 0 Å². The van der Waals surface area contributed by atoms with E-state index in [4.69, 9.17) is 11.6 Å². The number of hydrogen-bond donors (Lipinski definition) is 2. The highest BCUT2D eigenvalue weighted by Gasteiger charge is 2.31. The van der Waals surface area contributed by atoms with E-state index in [0.717, 1.165) is 33.4 Å². The Labute approximate surface area is 209 Å². The predicted octanol–water partition coefficient (Wildman–Crippen LogP) is 4.05. The lowest BCUT2D eigenvalue weighted by Crippen LogP contribution is -2.39. The molecule has 190 valence electrons. The number of anilines is 1. The second-order valence-electron chi connectivity index (χ2n) is 7.33. The SMILES string of the molecule is Cn1c(O)c(C(=Nc2ccc(F)cc2)SCC(=O)Nc2cc(C(F)(F)F)ccc2Cl)c(=O)n(C)c1=O. The summed E-state index contributed by atoms with van der Waals surface area (Å²) in [5.74, 6) is -2.55. The molecule has 0 aliphatic carbocycles. The average Bonchev–Trinajstić information content (AvgIpc) is 2.82. The molecular weight excluding hydrogens is 528 g/mol. The third-order valence-electron chi connectivity index (χ3n) is 4.81. The Morgan fingerprint density at radius 3 is 2.36 bits per heavy atom. The third kappa shape index (κ3) is 5.97. The predicted molar refractivity (Wildman–Crippen MR) is 129 cm³/mol. The summed E-state index contributed by atoms with van der Waals surface area (Å²) < 4.78 is 53.8. The molecule has 2 aromatic carbocycles. The van der Waals surface area contributed by atoms with Crippen molar-refractivity contribution >= 4 is 45.7 Å². The fraction of sp³-hybridized carbons (Fsp3) is 0.182. The molecule has 0 spiro atoms. The topological polar surface area (TPSA) is 106 Å². The van der Waals surface area contributed by atoms with Gasteiger partial charge in [0.1, 0.15) is 16.4 Å². The van der Waals surface area contributed by atoms with E-state index >= 15 is 0 Å². The number of aliphatic imine (C=N–C) groups is 1. The van der Waals surface area contributed by atoms with Crippen molar-refractivity contribution in [2.24, 2.45) is 19.1 Å². The second-order valence-corrected chi connectivity index (χ2v) is 8.70. The quantitative estimate of drug-likeness (QED) is 0.286. The summed E-state index contributed by atoms with van der Waals surface area (Å²) in [6.45, 7) is 0. The summed E-state index contributed by atoms with van der Waals surface area (Å²) in [7, 11) is 2.39. The van der Waals surface area contributed by atoms with Crippen molar-refractivity contribution in [2.45, 2.75) is 6.18 Å². The Morgan fingerprint density at radius 1 is 1.11 bits per heavy atom. The zero-order valence-corrected chi connectivity index (χ0v) is 20.1. The number of hydrogen-bond acceptors (Lipinski definition) is 6. The maximum Gasteiger partial charge on any atom is 0.416 e. The van der Waals surface area contributed by atoms with Gasteiger partial charge in [0.2, 0.25) is 11.8 Å². The number of aromatic nitrogens is 2. The number of nitrogens with one attached hydrogen (secondary N) is 1. The first-order valence-electron chi connectivity index (χ1n) is 9.92. The molecule has 8 nitrogen and oxygen atoms in total. The highest BCUT2D eigenvalue weighted by Crippen LogP contribution is 2.34. The Kier molecular flexibility index (Phi) is 7.94. The molecular formula is C22H17ClF4N4O4S. The van der Waals surface area contributed by atoms with E-state index < -0.39 is 51.9 Å². The average molecular weight is 545 g/mol. The Balaban J connectivity index is 1.96. The van der Waals surface area contributed by atoms with Gasteiger partial charge in [-0.3, -0.25) is 18.7 Å². The van der Waals surface area contributed by atoms with Crippen molar-refractivity contribution < 1.29 is 27.5 Å². The van der Waals surface area contributed by atoms with Crippen molar-refractivity contribution in [3.8, 4) is 5.88 Å². The lowest BCUT2D eigenvalue weighted by Gasteiger charge is -2.13. The van der Waals surface area contributed by atoms with E-state index in [1.165, 1.54) is 26.2 Å². The Hall–Kier alpha value is -3.58. The first kappa shape index (κ1) is 27.0. The van der Waals surface area contributed by atoms with E-state index in [0.29, 0.717) is 17.8 Å². The number of rotatable bonds is 5. The highest BCUT2D eigenvalue weighted by atomic mass is 35.5. The molecule has 1 aromatic heterocycles. The van der Waals surface area contributed by atoms with Crippen LogP contribution in [0.2, 0.25) is 5.02 Å². The standard InChI is InChI=1S/C22H17ClF4N4O4S/c1-30-19(33)17(20(34)31(2)21(30)35)18(28-13-6-4-12(24)5-7-13)36-10-16(32)29-15-9-11(22(25,26)27)3-8-14(15)23/h3-9,33H,10H2,1-2H3,(H,29,32). The van der Waals surface area contributed by atoms with Crippen LogP contribution in [0.3, 0.4) is 0 Å². The van der Waals surface area contributed by atoms with Crippen LogP contribution in [0.25, 0.3) is 0 Å². The van der Waals surface area contributed by atoms with Gasteiger partial charge in [-0.1, -0.05) is 23.4 Å². The van der Waals surface area contributed by atoms with Gasteiger partial charge < -0.3 is 10.4 Å². The fourth-order valence-corrected chi connectivity index (χ4v) is 3.93. The number of carbonyl (C=O) groups is 1. The molecule has 14 heteroatoms. The van der Waals surface area contributed by atoms with Crippen LogP contribution >= 0.6 is 23.4 Å². The minimum Gasteiger partial charge on any atom is -0.494 e. The molecule has 3 rings (SSSR count). The van der Waals surface area contributed by atoms with Crippen LogP contribution in [-0.2, 0) is 25.1 Å². The maximum atomic E-state index is 13.3. The molecule has 0 atom stereocenters. The zero-order chi connectivity index (χ0) is 26.8. The van der Waals surface area contributed by atoms with Crippen molar-refractivity contribution in [1.82, 2.24) is 9.13 Å². The molecule has 0 radical (unpaired) electrons. The van der Waals surface area contributed by atoms with Crippen LogP contribution < -0.4 is 16.6 Å². The summed E-state index contributed by atoms with van der Waals surface area (Å²) in [5, 5.41) is 12.4. The number of amides is 1. The van der Waals surface area contributed by atoms with Crippen LogP contribution in [0.1, 0.15) is 11.1 Å². The van der Waals surface area contributed by atoms with Gasteiger partial charge in [-0.15, -0.1) is 0 Å². The van der Waals surface area contributed by atoms with E-state index in [2.05, 4.69) is 10.3 Å². The van der Waals surface area contributed by atoms with E-state index in [9.17, 15) is 37.1 Å². The first-order valence-corrected chi connectivity index (χ1v) is 11.3. The van der Waals surface area contributed by atoms with Crippen LogP contribution in [0.15, 0.2) is 57.0 Å². The molecule has 36 heavy (non-hydrogen) atoms. The molecule has 0 aliphatic rings. The normalized spacial score (nSPS) is 12.0. The molecule has 0 unspecified atom stereocenters. The molecule has 0 aliphatic heterocycles. The maximum absolute atomic E-state index is 13.3. The number of alkyl halides is 3. The molecule has 0 bridgehead atoms. The molecule has 0 saturated heterocycles. The van der Waals surface area contributed by atoms with Gasteiger partial charge in [0, 0.05) is 14.1 Å². The lowest BCUT2D eigenvalue weighted by molar-refractivity contribution is -0.137. The fourth-order valence-electron chi connectivity index (χ4n) is 2.93. The Bertz CT molecular complexity index is 1470. The molecule has 0 saturated carbocycles. The minimum absolute atomic E-state index is 0.133. The van der Waals surface area contributed by atoms with Crippen molar-refractivity contribution in [3.05, 3.63) is 85.3 Å². The van der Waals surface area contributed by atoms with E-state index in [1.807, 2.05) is 0 Å². The largest absolute Gasteiger partial charge is 0.494 e. The van der Waals surface area contributed by atoms with Gasteiger partial charge in [-0.05, 0) is 42.5 Å². The smallest absolute Gasteiger partial charge is 0.416 e. The highest BCUT2D eigenvalue weighted by molar-refractivity contribution is 8.15. The van der Waals surface area contributed by atoms with Crippen LogP contribution in [0.5, 0.6) is 5.88 Å². The number of halogens is 5. The van der Waals surface area contributed by atoms with Gasteiger partial charge in [0.25, 0.3) is 5.56 Å². The summed E-state index contributed by atoms with van der Waals surface area (Å²) in [6.07, 6.45) is -4.66. The molecule has 3 aromatic rings. The lowest BCUT2D eigenvalue weighted by atomic mass is 10.2. The summed E-state index contributed by atoms with van der Waals surface area (Å²) in [4.78, 5) is 41.6. The monoisotopic (exact) mass is 544 g/mol.